The van der Waals surface area contributed by atoms with Crippen LogP contribution in [0.5, 0.6) is 0 Å². The van der Waals surface area contributed by atoms with E-state index in [1.807, 2.05) is 0 Å². The Morgan fingerprint density at radius 2 is 1.58 bits per heavy atom. The number of ether oxygens (including phenoxy) is 1. The zero-order valence-corrected chi connectivity index (χ0v) is 16.2. The van der Waals surface area contributed by atoms with Crippen LogP contribution in [0.1, 0.15) is 12.5 Å². The van der Waals surface area contributed by atoms with Crippen LogP contribution in [-0.4, -0.2) is 26.2 Å². The minimum atomic E-state index is -4.03. The summed E-state index contributed by atoms with van der Waals surface area (Å²) in [6.45, 7) is 1.66. The summed E-state index contributed by atoms with van der Waals surface area (Å²) < 4.78 is 30.5. The van der Waals surface area contributed by atoms with Crippen LogP contribution in [0.4, 0.5) is 0 Å². The summed E-state index contributed by atoms with van der Waals surface area (Å²) >= 11 is 11.6. The van der Waals surface area contributed by atoms with Crippen molar-refractivity contribution in [3.8, 4) is 11.8 Å². The van der Waals surface area contributed by atoms with E-state index in [0.29, 0.717) is 10.0 Å². The number of esters is 1. The molecule has 0 fully saturated rings. The molecule has 0 N–H and O–H groups in total. The monoisotopic (exact) mass is 410 g/mol. The summed E-state index contributed by atoms with van der Waals surface area (Å²) in [7, 11) is -4.03. The third kappa shape index (κ3) is 5.25. The molecule has 0 aliphatic rings. The Bertz CT molecular complexity index is 924. The lowest BCUT2D eigenvalue weighted by molar-refractivity contribution is -0.141. The van der Waals surface area contributed by atoms with Crippen LogP contribution in [0.2, 0.25) is 10.0 Å². The van der Waals surface area contributed by atoms with Crippen molar-refractivity contribution < 1.29 is 17.9 Å². The van der Waals surface area contributed by atoms with Gasteiger partial charge in [-0.3, -0.25) is 0 Å². The molecule has 7 heteroatoms. The molecule has 136 valence electrons. The molecule has 0 radical (unpaired) electrons. The van der Waals surface area contributed by atoms with E-state index in [2.05, 4.69) is 11.8 Å². The fourth-order valence-corrected chi connectivity index (χ4v) is 3.69. The molecular formula is C19H16Cl2O4S. The average Bonchev–Trinajstić information content (AvgIpc) is 2.60. The smallest absolute Gasteiger partial charge is 0.337 e. The summed E-state index contributed by atoms with van der Waals surface area (Å²) in [6, 6.07) is 12.6. The van der Waals surface area contributed by atoms with Crippen molar-refractivity contribution in [2.24, 2.45) is 0 Å². The van der Waals surface area contributed by atoms with E-state index in [4.69, 9.17) is 27.9 Å². The second-order valence-corrected chi connectivity index (χ2v) is 8.16. The highest BCUT2D eigenvalue weighted by atomic mass is 35.5. The number of carbonyl (C=O) groups is 1. The molecule has 0 spiro atoms. The Hall–Kier alpha value is -2.00. The van der Waals surface area contributed by atoms with Crippen LogP contribution in [0, 0.1) is 11.8 Å². The molecule has 0 saturated heterocycles. The van der Waals surface area contributed by atoms with Crippen LogP contribution < -0.4 is 0 Å². The fourth-order valence-electron chi connectivity index (χ4n) is 2.09. The highest BCUT2D eigenvalue weighted by Crippen LogP contribution is 2.20. The maximum Gasteiger partial charge on any atom is 0.337 e. The number of benzene rings is 2. The molecule has 2 aromatic carbocycles. The average molecular weight is 411 g/mol. The molecule has 2 aromatic rings. The molecule has 0 aromatic heterocycles. The highest BCUT2D eigenvalue weighted by Gasteiger charge is 2.33. The van der Waals surface area contributed by atoms with E-state index in [1.165, 1.54) is 24.3 Å². The van der Waals surface area contributed by atoms with Gasteiger partial charge < -0.3 is 4.74 Å². The molecule has 1 unspecified atom stereocenters. The van der Waals surface area contributed by atoms with Crippen LogP contribution >= 0.6 is 23.2 Å². The first kappa shape index (κ1) is 20.3. The fraction of sp³-hybridized carbons (Fsp3) is 0.211. The number of halogens is 2. The molecule has 0 bridgehead atoms. The quantitative estimate of drug-likeness (QED) is 0.552. The molecule has 0 aliphatic heterocycles. The standard InChI is InChI=1S/C19H16Cl2O4S/c1-2-25-19(22)18(5-3-4-14-6-8-15(20)9-7-14)26(23,24)17-12-10-16(21)11-13-17/h6-13,18H,2,4H2,1H3. The van der Waals surface area contributed by atoms with Gasteiger partial charge in [0.25, 0.3) is 0 Å². The van der Waals surface area contributed by atoms with Crippen molar-refractivity contribution in [2.75, 3.05) is 6.61 Å². The number of sulfone groups is 1. The SMILES string of the molecule is CCOC(=O)C(C#CCc1ccc(Cl)cc1)S(=O)(=O)c1ccc(Cl)cc1. The van der Waals surface area contributed by atoms with Crippen molar-refractivity contribution in [1.29, 1.82) is 0 Å². The van der Waals surface area contributed by atoms with Gasteiger partial charge in [-0.2, -0.15) is 0 Å². The molecule has 0 saturated carbocycles. The zero-order valence-electron chi connectivity index (χ0n) is 13.9. The number of carbonyl (C=O) groups excluding carboxylic acids is 1. The van der Waals surface area contributed by atoms with Gasteiger partial charge in [-0.1, -0.05) is 47.2 Å². The third-order valence-electron chi connectivity index (χ3n) is 3.39. The highest BCUT2D eigenvalue weighted by molar-refractivity contribution is 7.93. The minimum absolute atomic E-state index is 0.0410. The van der Waals surface area contributed by atoms with Crippen LogP contribution in [0.3, 0.4) is 0 Å². The molecule has 0 heterocycles. The molecular weight excluding hydrogens is 395 g/mol. The zero-order chi connectivity index (χ0) is 19.2. The Balaban J connectivity index is 2.31. The second-order valence-electron chi connectivity index (χ2n) is 5.26. The molecule has 4 nitrogen and oxygen atoms in total. The minimum Gasteiger partial charge on any atom is -0.464 e. The predicted octanol–water partition coefficient (Wildman–Crippen LogP) is 3.94. The molecule has 0 aliphatic carbocycles. The molecule has 0 amide bonds. The lowest BCUT2D eigenvalue weighted by atomic mass is 10.1. The van der Waals surface area contributed by atoms with Crippen molar-refractivity contribution >= 4 is 39.0 Å². The lowest BCUT2D eigenvalue weighted by Crippen LogP contribution is -2.31. The Labute approximate surface area is 163 Å². The summed E-state index contributed by atoms with van der Waals surface area (Å²) in [6.07, 6.45) is 0.281. The molecule has 2 rings (SSSR count). The Morgan fingerprint density at radius 3 is 2.12 bits per heavy atom. The normalized spacial score (nSPS) is 12.0. The first-order valence-electron chi connectivity index (χ1n) is 7.73. The molecule has 1 atom stereocenters. The van der Waals surface area contributed by atoms with Crippen molar-refractivity contribution in [3.63, 3.8) is 0 Å². The van der Waals surface area contributed by atoms with Gasteiger partial charge in [0, 0.05) is 16.5 Å². The number of rotatable bonds is 5. The van der Waals surface area contributed by atoms with Gasteiger partial charge in [-0.15, -0.1) is 0 Å². The number of hydrogen-bond donors (Lipinski definition) is 0. The Kier molecular flexibility index (Phi) is 7.10. The van der Waals surface area contributed by atoms with Gasteiger partial charge in [0.1, 0.15) is 0 Å². The first-order chi connectivity index (χ1) is 12.3. The van der Waals surface area contributed by atoms with E-state index in [1.54, 1.807) is 31.2 Å². The van der Waals surface area contributed by atoms with Gasteiger partial charge >= 0.3 is 5.97 Å². The topological polar surface area (TPSA) is 60.4 Å². The van der Waals surface area contributed by atoms with Crippen LogP contribution in [-0.2, 0) is 25.8 Å². The van der Waals surface area contributed by atoms with Gasteiger partial charge in [0.05, 0.1) is 11.5 Å². The van der Waals surface area contributed by atoms with E-state index in [0.717, 1.165) is 5.56 Å². The van der Waals surface area contributed by atoms with Crippen molar-refractivity contribution in [2.45, 2.75) is 23.5 Å². The van der Waals surface area contributed by atoms with E-state index in [-0.39, 0.29) is 17.9 Å². The van der Waals surface area contributed by atoms with E-state index in [9.17, 15) is 13.2 Å². The lowest BCUT2D eigenvalue weighted by Gasteiger charge is -2.11. The van der Waals surface area contributed by atoms with Gasteiger partial charge in [-0.25, -0.2) is 13.2 Å². The maximum atomic E-state index is 12.8. The second kappa shape index (κ2) is 9.09. The largest absolute Gasteiger partial charge is 0.464 e. The first-order valence-corrected chi connectivity index (χ1v) is 10.0. The van der Waals surface area contributed by atoms with Crippen LogP contribution in [0.15, 0.2) is 53.4 Å². The van der Waals surface area contributed by atoms with E-state index >= 15 is 0 Å². The summed E-state index contributed by atoms with van der Waals surface area (Å²) in [5.41, 5.74) is 0.855. The summed E-state index contributed by atoms with van der Waals surface area (Å²) in [4.78, 5) is 12.1. The van der Waals surface area contributed by atoms with Crippen molar-refractivity contribution in [1.82, 2.24) is 0 Å². The summed E-state index contributed by atoms with van der Waals surface area (Å²) in [5, 5.41) is -0.613. The van der Waals surface area contributed by atoms with Crippen LogP contribution in [0.25, 0.3) is 0 Å². The third-order valence-corrected chi connectivity index (χ3v) is 5.76. The predicted molar refractivity (Wildman–Crippen MR) is 102 cm³/mol. The number of hydrogen-bond acceptors (Lipinski definition) is 4. The Morgan fingerprint density at radius 1 is 1.04 bits per heavy atom. The maximum absolute atomic E-state index is 12.8. The van der Waals surface area contributed by atoms with E-state index < -0.39 is 21.1 Å². The molecule has 26 heavy (non-hydrogen) atoms. The van der Waals surface area contributed by atoms with Gasteiger partial charge in [0.2, 0.25) is 15.1 Å². The summed E-state index contributed by atoms with van der Waals surface area (Å²) in [5.74, 6) is 4.39. The van der Waals surface area contributed by atoms with Gasteiger partial charge in [-0.05, 0) is 48.9 Å². The van der Waals surface area contributed by atoms with Gasteiger partial charge in [0.15, 0.2) is 0 Å². The van der Waals surface area contributed by atoms with Crippen molar-refractivity contribution in [3.05, 3.63) is 64.1 Å².